The average molecular weight is 315 g/mol. The van der Waals surface area contributed by atoms with Crippen molar-refractivity contribution in [1.82, 2.24) is 9.88 Å². The molecule has 0 radical (unpaired) electrons. The van der Waals surface area contributed by atoms with Gasteiger partial charge in [-0.2, -0.15) is 0 Å². The Morgan fingerprint density at radius 2 is 2.26 bits per heavy atom. The van der Waals surface area contributed by atoms with Crippen molar-refractivity contribution in [2.45, 2.75) is 51.9 Å². The van der Waals surface area contributed by atoms with Crippen LogP contribution < -0.4 is 5.32 Å². The number of nitrogens with zero attached hydrogens (tertiary/aromatic N) is 2. The van der Waals surface area contributed by atoms with Crippen molar-refractivity contribution in [1.29, 1.82) is 0 Å². The first kappa shape index (κ1) is 17.5. The third kappa shape index (κ3) is 5.70. The van der Waals surface area contributed by atoms with Crippen molar-refractivity contribution in [3.05, 3.63) is 35.7 Å². The van der Waals surface area contributed by atoms with Crippen molar-refractivity contribution >= 4 is 11.6 Å². The van der Waals surface area contributed by atoms with Crippen molar-refractivity contribution in [2.75, 3.05) is 25.5 Å². The van der Waals surface area contributed by atoms with E-state index >= 15 is 0 Å². The molecule has 23 heavy (non-hydrogen) atoms. The van der Waals surface area contributed by atoms with Gasteiger partial charge in [-0.25, -0.2) is 0 Å². The van der Waals surface area contributed by atoms with E-state index in [9.17, 15) is 4.79 Å². The molecule has 0 spiro atoms. The van der Waals surface area contributed by atoms with E-state index < -0.39 is 0 Å². The van der Waals surface area contributed by atoms with Crippen LogP contribution in [0.1, 0.15) is 62.4 Å². The van der Waals surface area contributed by atoms with Crippen molar-refractivity contribution in [3.8, 4) is 0 Å². The van der Waals surface area contributed by atoms with Crippen LogP contribution in [0.15, 0.2) is 30.0 Å². The number of carbonyl (C=O) groups is 1. The molecule has 1 aliphatic rings. The Morgan fingerprint density at radius 1 is 1.39 bits per heavy atom. The lowest BCUT2D eigenvalue weighted by Crippen LogP contribution is -2.28. The van der Waals surface area contributed by atoms with Gasteiger partial charge >= 0.3 is 0 Å². The molecule has 2 rings (SSSR count). The second kappa shape index (κ2) is 9.33. The van der Waals surface area contributed by atoms with Crippen LogP contribution in [-0.4, -0.2) is 35.9 Å². The highest BCUT2D eigenvalue weighted by Gasteiger charge is 2.13. The Balaban J connectivity index is 1.86. The summed E-state index contributed by atoms with van der Waals surface area (Å²) in [5.41, 5.74) is 3.06. The predicted molar refractivity (Wildman–Crippen MR) is 95.8 cm³/mol. The van der Waals surface area contributed by atoms with Crippen LogP contribution in [0.5, 0.6) is 0 Å². The molecule has 1 N–H and O–H groups in total. The Kier molecular flexibility index (Phi) is 7.11. The second-order valence-corrected chi connectivity index (χ2v) is 6.29. The summed E-state index contributed by atoms with van der Waals surface area (Å²) >= 11 is 0. The third-order valence-electron chi connectivity index (χ3n) is 4.33. The highest BCUT2D eigenvalue weighted by atomic mass is 16.2. The average Bonchev–Trinajstić information content (AvgIpc) is 2.60. The van der Waals surface area contributed by atoms with Gasteiger partial charge in [0.05, 0.1) is 0 Å². The fourth-order valence-corrected chi connectivity index (χ4v) is 2.85. The van der Waals surface area contributed by atoms with Crippen molar-refractivity contribution in [2.24, 2.45) is 0 Å². The lowest BCUT2D eigenvalue weighted by Gasteiger charge is -2.17. The van der Waals surface area contributed by atoms with Gasteiger partial charge in [0, 0.05) is 32.0 Å². The Bertz CT molecular complexity index is 539. The fourth-order valence-electron chi connectivity index (χ4n) is 2.85. The van der Waals surface area contributed by atoms with Gasteiger partial charge in [-0.05, 0) is 50.7 Å². The van der Waals surface area contributed by atoms with E-state index in [2.05, 4.69) is 23.3 Å². The lowest BCUT2D eigenvalue weighted by atomic mass is 9.97. The number of allylic oxidation sites excluding steroid dienone is 1. The minimum atomic E-state index is -0.00270. The Labute approximate surface area is 140 Å². The molecule has 1 heterocycles. The molecule has 1 aromatic heterocycles. The van der Waals surface area contributed by atoms with E-state index in [-0.39, 0.29) is 5.91 Å². The van der Waals surface area contributed by atoms with Crippen LogP contribution in [0.4, 0.5) is 5.69 Å². The van der Waals surface area contributed by atoms with Gasteiger partial charge in [-0.3, -0.25) is 9.78 Å². The number of hydrogen-bond donors (Lipinski definition) is 1. The normalized spacial score (nSPS) is 14.3. The standard InChI is InChI=1S/C19H29N3O/c1-3-4-14-22(2)19(23)18-15-17(11-13-21-18)20-12-10-16-8-6-5-7-9-16/h8,11,13,15H,3-7,9-10,12,14H2,1-2H3,(H,20,21). The molecule has 0 bridgehead atoms. The van der Waals surface area contributed by atoms with Crippen molar-refractivity contribution in [3.63, 3.8) is 0 Å². The molecule has 0 saturated heterocycles. The second-order valence-electron chi connectivity index (χ2n) is 6.29. The highest BCUT2D eigenvalue weighted by molar-refractivity contribution is 5.92. The van der Waals surface area contributed by atoms with Gasteiger partial charge in [0.25, 0.3) is 5.91 Å². The third-order valence-corrected chi connectivity index (χ3v) is 4.33. The smallest absolute Gasteiger partial charge is 0.272 e. The predicted octanol–water partition coefficient (Wildman–Crippen LogP) is 4.26. The van der Waals surface area contributed by atoms with Crippen molar-refractivity contribution < 1.29 is 4.79 Å². The van der Waals surface area contributed by atoms with E-state index in [4.69, 9.17) is 0 Å². The number of unbranched alkanes of at least 4 members (excludes halogenated alkanes) is 1. The number of anilines is 1. The lowest BCUT2D eigenvalue weighted by molar-refractivity contribution is 0.0787. The van der Waals surface area contributed by atoms with Crippen LogP contribution in [0.25, 0.3) is 0 Å². The molecular formula is C19H29N3O. The first-order chi connectivity index (χ1) is 11.2. The van der Waals surface area contributed by atoms with Crippen LogP contribution in [0.2, 0.25) is 0 Å². The first-order valence-electron chi connectivity index (χ1n) is 8.84. The van der Waals surface area contributed by atoms with E-state index in [1.165, 1.54) is 25.7 Å². The maximum Gasteiger partial charge on any atom is 0.272 e. The topological polar surface area (TPSA) is 45.2 Å². The number of carbonyl (C=O) groups excluding carboxylic acids is 1. The van der Waals surface area contributed by atoms with Gasteiger partial charge < -0.3 is 10.2 Å². The summed E-state index contributed by atoms with van der Waals surface area (Å²) < 4.78 is 0. The Hall–Kier alpha value is -1.84. The molecule has 1 aromatic rings. The van der Waals surface area contributed by atoms with Gasteiger partial charge in [0.1, 0.15) is 5.69 Å². The number of hydrogen-bond acceptors (Lipinski definition) is 3. The maximum absolute atomic E-state index is 12.4. The molecule has 1 aliphatic carbocycles. The zero-order valence-corrected chi connectivity index (χ0v) is 14.5. The minimum absolute atomic E-state index is 0.00270. The molecular weight excluding hydrogens is 286 g/mol. The molecule has 1 amide bonds. The van der Waals surface area contributed by atoms with E-state index in [0.29, 0.717) is 5.69 Å². The summed E-state index contributed by atoms with van der Waals surface area (Å²) in [6.45, 7) is 3.82. The monoisotopic (exact) mass is 315 g/mol. The van der Waals surface area contributed by atoms with Gasteiger partial charge in [0.15, 0.2) is 0 Å². The number of nitrogens with one attached hydrogen (secondary N) is 1. The zero-order chi connectivity index (χ0) is 16.5. The number of pyridine rings is 1. The highest BCUT2D eigenvalue weighted by Crippen LogP contribution is 2.20. The summed E-state index contributed by atoms with van der Waals surface area (Å²) in [6.07, 6.45) is 12.4. The summed E-state index contributed by atoms with van der Waals surface area (Å²) in [4.78, 5) is 18.3. The SMILES string of the molecule is CCCCN(C)C(=O)c1cc(NCCC2=CCCCC2)ccn1. The molecule has 0 aliphatic heterocycles. The van der Waals surface area contributed by atoms with E-state index in [1.807, 2.05) is 19.2 Å². The van der Waals surface area contributed by atoms with Crippen LogP contribution in [0, 0.1) is 0 Å². The Morgan fingerprint density at radius 3 is 3.00 bits per heavy atom. The molecule has 0 unspecified atom stereocenters. The molecule has 0 fully saturated rings. The number of rotatable bonds is 8. The summed E-state index contributed by atoms with van der Waals surface area (Å²) in [5, 5.41) is 3.42. The minimum Gasteiger partial charge on any atom is -0.385 e. The summed E-state index contributed by atoms with van der Waals surface area (Å²) in [7, 11) is 1.84. The zero-order valence-electron chi connectivity index (χ0n) is 14.5. The summed E-state index contributed by atoms with van der Waals surface area (Å²) in [5.74, 6) is -0.00270. The van der Waals surface area contributed by atoms with Crippen LogP contribution in [0.3, 0.4) is 0 Å². The first-order valence-corrected chi connectivity index (χ1v) is 8.84. The van der Waals surface area contributed by atoms with Crippen LogP contribution >= 0.6 is 0 Å². The molecule has 0 aromatic carbocycles. The molecule has 4 nitrogen and oxygen atoms in total. The number of amides is 1. The van der Waals surface area contributed by atoms with Gasteiger partial charge in [0.2, 0.25) is 0 Å². The summed E-state index contributed by atoms with van der Waals surface area (Å²) in [6, 6.07) is 3.79. The van der Waals surface area contributed by atoms with Gasteiger partial charge in [-0.15, -0.1) is 0 Å². The fraction of sp³-hybridized carbons (Fsp3) is 0.579. The van der Waals surface area contributed by atoms with E-state index in [1.54, 1.807) is 16.7 Å². The van der Waals surface area contributed by atoms with Crippen LogP contribution in [-0.2, 0) is 0 Å². The molecule has 0 atom stereocenters. The van der Waals surface area contributed by atoms with Gasteiger partial charge in [-0.1, -0.05) is 25.0 Å². The molecule has 4 heteroatoms. The molecule has 126 valence electrons. The maximum atomic E-state index is 12.4. The van der Waals surface area contributed by atoms with E-state index in [0.717, 1.165) is 38.0 Å². The quantitative estimate of drug-likeness (QED) is 0.729. The molecule has 0 saturated carbocycles. The number of aromatic nitrogens is 1. The largest absolute Gasteiger partial charge is 0.385 e.